The number of amides is 1. The van der Waals surface area contributed by atoms with Gasteiger partial charge in [0.1, 0.15) is 17.0 Å². The van der Waals surface area contributed by atoms with Crippen molar-refractivity contribution in [1.29, 1.82) is 0 Å². The molecule has 2 aliphatic carbocycles. The van der Waals surface area contributed by atoms with Crippen molar-refractivity contribution in [2.75, 3.05) is 18.9 Å². The number of fused-ring (bicyclic) bond motifs is 3. The van der Waals surface area contributed by atoms with Crippen molar-refractivity contribution in [3.63, 3.8) is 0 Å². The van der Waals surface area contributed by atoms with Gasteiger partial charge in [0.25, 0.3) is 5.91 Å². The van der Waals surface area contributed by atoms with E-state index in [4.69, 9.17) is 0 Å². The molecule has 3 unspecified atom stereocenters. The Balaban J connectivity index is 1.36. The summed E-state index contributed by atoms with van der Waals surface area (Å²) in [7, 11) is 1.83. The lowest BCUT2D eigenvalue weighted by molar-refractivity contribution is 0.0789. The summed E-state index contributed by atoms with van der Waals surface area (Å²) in [6, 6.07) is 3.86. The average Bonchev–Trinajstić information content (AvgIpc) is 3.47. The molecule has 1 fully saturated rings. The number of aryl methyl sites for hydroxylation is 1. The Bertz CT molecular complexity index is 1110. The maximum Gasteiger partial charge on any atom is 0.264 e. The minimum atomic E-state index is 0.0107. The van der Waals surface area contributed by atoms with E-state index in [1.54, 1.807) is 23.6 Å². The Labute approximate surface area is 180 Å². The highest BCUT2D eigenvalue weighted by molar-refractivity contribution is 7.20. The van der Waals surface area contributed by atoms with E-state index < -0.39 is 0 Å². The van der Waals surface area contributed by atoms with Crippen molar-refractivity contribution in [3.05, 3.63) is 59.0 Å². The second-order valence-corrected chi connectivity index (χ2v) is 9.40. The normalized spacial score (nSPS) is 22.0. The molecule has 0 aromatic carbocycles. The van der Waals surface area contributed by atoms with E-state index in [1.807, 2.05) is 26.1 Å². The van der Waals surface area contributed by atoms with E-state index in [9.17, 15) is 4.79 Å². The van der Waals surface area contributed by atoms with Crippen LogP contribution in [0.4, 0.5) is 5.82 Å². The quantitative estimate of drug-likeness (QED) is 0.604. The van der Waals surface area contributed by atoms with E-state index in [-0.39, 0.29) is 5.91 Å². The Morgan fingerprint density at radius 2 is 2.07 bits per heavy atom. The highest BCUT2D eigenvalue weighted by Gasteiger charge is 2.35. The molecule has 3 heterocycles. The first kappa shape index (κ1) is 19.2. The standard InChI is InChI=1S/C23H25N5OS/c1-14-19-21(25-11-18-10-16-3-4-17(18)9-16)26-13-27-22(19)30-20(14)23(29)28(2)12-15-5-7-24-8-6-15/h3-8,13,16-18H,9-12H2,1-2H3,(H,25,26,27). The van der Waals surface area contributed by atoms with Crippen LogP contribution in [0.15, 0.2) is 43.0 Å². The molecule has 3 aromatic rings. The molecule has 1 saturated carbocycles. The lowest BCUT2D eigenvalue weighted by Crippen LogP contribution is -2.26. The number of nitrogens with zero attached hydrogens (tertiary/aromatic N) is 4. The van der Waals surface area contributed by atoms with E-state index >= 15 is 0 Å². The molecule has 2 bridgehead atoms. The number of thiophene rings is 1. The van der Waals surface area contributed by atoms with Gasteiger partial charge in [-0.3, -0.25) is 9.78 Å². The lowest BCUT2D eigenvalue weighted by atomic mass is 9.93. The smallest absolute Gasteiger partial charge is 0.264 e. The van der Waals surface area contributed by atoms with Crippen LogP contribution in [-0.2, 0) is 6.54 Å². The van der Waals surface area contributed by atoms with Gasteiger partial charge in [-0.05, 0) is 60.8 Å². The van der Waals surface area contributed by atoms with Crippen LogP contribution in [0.5, 0.6) is 0 Å². The van der Waals surface area contributed by atoms with Gasteiger partial charge in [0.05, 0.1) is 10.3 Å². The fourth-order valence-electron chi connectivity index (χ4n) is 4.77. The summed E-state index contributed by atoms with van der Waals surface area (Å²) in [5, 5.41) is 4.54. The number of pyridine rings is 1. The fraction of sp³-hybridized carbons (Fsp3) is 0.391. The van der Waals surface area contributed by atoms with Crippen molar-refractivity contribution in [2.24, 2.45) is 17.8 Å². The zero-order valence-electron chi connectivity index (χ0n) is 17.2. The van der Waals surface area contributed by atoms with Crippen molar-refractivity contribution < 1.29 is 4.79 Å². The van der Waals surface area contributed by atoms with Crippen molar-refractivity contribution >= 4 is 33.3 Å². The molecule has 0 spiro atoms. The van der Waals surface area contributed by atoms with Crippen molar-refractivity contribution in [2.45, 2.75) is 26.3 Å². The molecular weight excluding hydrogens is 394 g/mol. The average molecular weight is 420 g/mol. The molecule has 3 atom stereocenters. The van der Waals surface area contributed by atoms with Crippen molar-refractivity contribution in [1.82, 2.24) is 19.9 Å². The maximum absolute atomic E-state index is 13.1. The van der Waals surface area contributed by atoms with Crippen LogP contribution < -0.4 is 5.32 Å². The van der Waals surface area contributed by atoms with Gasteiger partial charge in [0.2, 0.25) is 0 Å². The summed E-state index contributed by atoms with van der Waals surface area (Å²) in [4.78, 5) is 29.5. The number of hydrogen-bond acceptors (Lipinski definition) is 6. The first-order valence-corrected chi connectivity index (χ1v) is 11.2. The highest BCUT2D eigenvalue weighted by Crippen LogP contribution is 2.43. The number of aromatic nitrogens is 3. The second kappa shape index (κ2) is 7.80. The first-order valence-electron chi connectivity index (χ1n) is 10.4. The number of allylic oxidation sites excluding steroid dienone is 2. The molecule has 0 radical (unpaired) electrons. The minimum absolute atomic E-state index is 0.0107. The van der Waals surface area contributed by atoms with Crippen LogP contribution in [0, 0.1) is 24.7 Å². The molecule has 7 heteroatoms. The molecule has 5 rings (SSSR count). The van der Waals surface area contributed by atoms with E-state index in [0.29, 0.717) is 18.4 Å². The van der Waals surface area contributed by atoms with Crippen LogP contribution in [0.3, 0.4) is 0 Å². The van der Waals surface area contributed by atoms with Crippen LogP contribution in [-0.4, -0.2) is 39.4 Å². The number of rotatable bonds is 6. The minimum Gasteiger partial charge on any atom is -0.369 e. The summed E-state index contributed by atoms with van der Waals surface area (Å²) in [6.07, 6.45) is 12.4. The SMILES string of the molecule is Cc1c(C(=O)N(C)Cc2ccncc2)sc2ncnc(NCC3CC4C=CC3C4)c12. The molecule has 3 aromatic heterocycles. The predicted octanol–water partition coefficient (Wildman–Crippen LogP) is 4.29. The topological polar surface area (TPSA) is 71.0 Å². The van der Waals surface area contributed by atoms with Gasteiger partial charge in [-0.15, -0.1) is 11.3 Å². The summed E-state index contributed by atoms with van der Waals surface area (Å²) in [5.41, 5.74) is 2.01. The second-order valence-electron chi connectivity index (χ2n) is 8.40. The third-order valence-corrected chi connectivity index (χ3v) is 7.57. The van der Waals surface area contributed by atoms with Gasteiger partial charge in [0, 0.05) is 32.5 Å². The molecule has 0 aliphatic heterocycles. The maximum atomic E-state index is 13.1. The Kier molecular flexibility index (Phi) is 4.98. The molecule has 1 N–H and O–H groups in total. The lowest BCUT2D eigenvalue weighted by Gasteiger charge is -2.19. The van der Waals surface area contributed by atoms with Crippen LogP contribution >= 0.6 is 11.3 Å². The number of carbonyl (C=O) groups is 1. The van der Waals surface area contributed by atoms with Crippen LogP contribution in [0.1, 0.15) is 33.6 Å². The third kappa shape index (κ3) is 3.47. The van der Waals surface area contributed by atoms with Crippen molar-refractivity contribution in [3.8, 4) is 0 Å². The number of nitrogens with one attached hydrogen (secondary N) is 1. The third-order valence-electron chi connectivity index (χ3n) is 6.38. The molecule has 2 aliphatic rings. The molecule has 154 valence electrons. The number of hydrogen-bond donors (Lipinski definition) is 1. The molecular formula is C23H25N5OS. The number of carbonyl (C=O) groups excluding carboxylic acids is 1. The van der Waals surface area contributed by atoms with Crippen LogP contribution in [0.2, 0.25) is 0 Å². The number of anilines is 1. The predicted molar refractivity (Wildman–Crippen MR) is 120 cm³/mol. The highest BCUT2D eigenvalue weighted by atomic mass is 32.1. The Morgan fingerprint density at radius 1 is 1.23 bits per heavy atom. The van der Waals surface area contributed by atoms with E-state index in [2.05, 4.69) is 32.4 Å². The molecule has 1 amide bonds. The largest absolute Gasteiger partial charge is 0.369 e. The summed E-state index contributed by atoms with van der Waals surface area (Å²) >= 11 is 1.45. The molecule has 0 saturated heterocycles. The van der Waals surface area contributed by atoms with Gasteiger partial charge >= 0.3 is 0 Å². The van der Waals surface area contributed by atoms with E-state index in [1.165, 1.54) is 24.2 Å². The summed E-state index contributed by atoms with van der Waals surface area (Å²) in [6.45, 7) is 3.46. The Hall–Kier alpha value is -2.80. The molecule has 30 heavy (non-hydrogen) atoms. The van der Waals surface area contributed by atoms with Crippen LogP contribution in [0.25, 0.3) is 10.2 Å². The monoisotopic (exact) mass is 419 g/mol. The summed E-state index contributed by atoms with van der Waals surface area (Å²) in [5.74, 6) is 2.97. The Morgan fingerprint density at radius 3 is 2.80 bits per heavy atom. The van der Waals surface area contributed by atoms with Gasteiger partial charge < -0.3 is 10.2 Å². The molecule has 6 nitrogen and oxygen atoms in total. The van der Waals surface area contributed by atoms with Gasteiger partial charge in [0.15, 0.2) is 0 Å². The fourth-order valence-corrected chi connectivity index (χ4v) is 5.92. The van der Waals surface area contributed by atoms with Gasteiger partial charge in [-0.1, -0.05) is 12.2 Å². The zero-order chi connectivity index (χ0) is 20.7. The van der Waals surface area contributed by atoms with Gasteiger partial charge in [-0.25, -0.2) is 9.97 Å². The summed E-state index contributed by atoms with van der Waals surface area (Å²) < 4.78 is 0. The van der Waals surface area contributed by atoms with Gasteiger partial charge in [-0.2, -0.15) is 0 Å². The zero-order valence-corrected chi connectivity index (χ0v) is 18.0. The first-order chi connectivity index (χ1) is 14.6. The van der Waals surface area contributed by atoms with E-state index in [0.717, 1.165) is 44.5 Å².